The number of hydrogen-bond acceptors (Lipinski definition) is 5. The highest BCUT2D eigenvalue weighted by molar-refractivity contribution is 7.71. The lowest BCUT2D eigenvalue weighted by Gasteiger charge is -2.33. The van der Waals surface area contributed by atoms with Gasteiger partial charge in [-0.3, -0.25) is 3.96 Å². The van der Waals surface area contributed by atoms with Gasteiger partial charge in [0.05, 0.1) is 17.0 Å². The average molecular weight is 495 g/mol. The zero-order chi connectivity index (χ0) is 23.2. The number of benzene rings is 3. The molecular formula is C26H23ClN2O2S2. The molecule has 0 bridgehead atoms. The van der Waals surface area contributed by atoms with Crippen LogP contribution in [0.4, 0.5) is 5.69 Å². The maximum Gasteiger partial charge on any atom is 0.152 e. The summed E-state index contributed by atoms with van der Waals surface area (Å²) in [7, 11) is 0. The molecule has 1 aliphatic rings. The summed E-state index contributed by atoms with van der Waals surface area (Å²) in [4.78, 5) is 1.15. The van der Waals surface area contributed by atoms with Gasteiger partial charge in [0.25, 0.3) is 0 Å². The summed E-state index contributed by atoms with van der Waals surface area (Å²) in [5.74, 6) is 2.27. The van der Waals surface area contributed by atoms with Crippen LogP contribution in [0.1, 0.15) is 25.6 Å². The molecule has 33 heavy (non-hydrogen) atoms. The van der Waals surface area contributed by atoms with E-state index in [1.807, 2.05) is 65.5 Å². The van der Waals surface area contributed by atoms with Crippen molar-refractivity contribution in [2.24, 2.45) is 0 Å². The molecule has 1 N–H and O–H groups in total. The van der Waals surface area contributed by atoms with E-state index in [1.54, 1.807) is 11.5 Å². The normalized spacial score (nSPS) is 13.6. The summed E-state index contributed by atoms with van der Waals surface area (Å²) in [6, 6.07) is 21.4. The Morgan fingerprint density at radius 1 is 1.03 bits per heavy atom. The van der Waals surface area contributed by atoms with Crippen LogP contribution in [0.3, 0.4) is 0 Å². The van der Waals surface area contributed by atoms with Gasteiger partial charge in [-0.25, -0.2) is 0 Å². The second-order valence-electron chi connectivity index (χ2n) is 8.31. The van der Waals surface area contributed by atoms with Crippen molar-refractivity contribution in [3.63, 3.8) is 0 Å². The first-order chi connectivity index (χ1) is 15.9. The number of para-hydroxylation sites is 1. The van der Waals surface area contributed by atoms with Gasteiger partial charge in [-0.1, -0.05) is 53.6 Å². The number of rotatable bonds is 5. The fraction of sp³-hybridized carbons (Fsp3) is 0.192. The van der Waals surface area contributed by atoms with E-state index in [2.05, 4.69) is 31.3 Å². The van der Waals surface area contributed by atoms with Crippen LogP contribution < -0.4 is 14.8 Å². The minimum atomic E-state index is -0.294. The summed E-state index contributed by atoms with van der Waals surface area (Å²) < 4.78 is 14.8. The Balaban J connectivity index is 1.70. The minimum absolute atomic E-state index is 0.294. The van der Waals surface area contributed by atoms with Crippen molar-refractivity contribution in [2.45, 2.75) is 26.3 Å². The Bertz CT molecular complexity index is 1390. The zero-order valence-corrected chi connectivity index (χ0v) is 20.9. The Kier molecular flexibility index (Phi) is 5.69. The smallest absolute Gasteiger partial charge is 0.152 e. The van der Waals surface area contributed by atoms with Crippen LogP contribution in [0.5, 0.6) is 17.2 Å². The SMILES string of the molecule is CCOc1ccc2c(c1)-c1c(sn(-c3cc(Cl)ccc3Oc3ccccc3)c1=S)C(C)(C)N2. The standard InChI is InChI=1S/C26H23ClN2O2S2/c1-4-30-18-11-12-20-19(15-18)23-24(26(2,3)28-20)33-29(25(23)32)21-14-16(27)10-13-22(21)31-17-8-6-5-7-9-17/h5-15,28H,4H2,1-3H3. The third-order valence-corrected chi connectivity index (χ3v) is 7.70. The number of aromatic nitrogens is 1. The largest absolute Gasteiger partial charge is 0.494 e. The summed E-state index contributed by atoms with van der Waals surface area (Å²) in [5.41, 5.74) is 3.65. The predicted octanol–water partition coefficient (Wildman–Crippen LogP) is 8.44. The fourth-order valence-corrected chi connectivity index (χ4v) is 5.87. The van der Waals surface area contributed by atoms with E-state index in [9.17, 15) is 0 Å². The van der Waals surface area contributed by atoms with E-state index in [4.69, 9.17) is 33.3 Å². The minimum Gasteiger partial charge on any atom is -0.494 e. The molecule has 0 spiro atoms. The summed E-state index contributed by atoms with van der Waals surface area (Å²) in [6.07, 6.45) is 0. The van der Waals surface area contributed by atoms with E-state index in [-0.39, 0.29) is 5.54 Å². The molecule has 5 rings (SSSR count). The quantitative estimate of drug-likeness (QED) is 0.282. The second kappa shape index (κ2) is 8.52. The molecule has 4 nitrogen and oxygen atoms in total. The predicted molar refractivity (Wildman–Crippen MR) is 139 cm³/mol. The van der Waals surface area contributed by atoms with Gasteiger partial charge in [0.15, 0.2) is 5.75 Å². The summed E-state index contributed by atoms with van der Waals surface area (Å²) >= 11 is 14.1. The van der Waals surface area contributed by atoms with E-state index < -0.39 is 0 Å². The first-order valence-corrected chi connectivity index (χ1v) is 12.3. The number of ether oxygens (including phenoxy) is 2. The third kappa shape index (κ3) is 4.03. The molecule has 4 aromatic rings. The van der Waals surface area contributed by atoms with Gasteiger partial charge < -0.3 is 14.8 Å². The van der Waals surface area contributed by atoms with Crippen molar-refractivity contribution in [3.8, 4) is 34.1 Å². The highest BCUT2D eigenvalue weighted by Crippen LogP contribution is 2.49. The van der Waals surface area contributed by atoms with Crippen molar-refractivity contribution in [1.82, 2.24) is 3.96 Å². The summed E-state index contributed by atoms with van der Waals surface area (Å²) in [6.45, 7) is 6.93. The first kappa shape index (κ1) is 22.0. The maximum absolute atomic E-state index is 6.41. The summed E-state index contributed by atoms with van der Waals surface area (Å²) in [5, 5.41) is 4.28. The Morgan fingerprint density at radius 2 is 1.82 bits per heavy atom. The third-order valence-electron chi connectivity index (χ3n) is 5.50. The molecule has 168 valence electrons. The molecule has 7 heteroatoms. The molecule has 0 amide bonds. The Morgan fingerprint density at radius 3 is 2.58 bits per heavy atom. The van der Waals surface area contributed by atoms with Crippen LogP contribution in [0, 0.1) is 4.64 Å². The molecule has 0 radical (unpaired) electrons. The van der Waals surface area contributed by atoms with Crippen molar-refractivity contribution in [2.75, 3.05) is 11.9 Å². The van der Waals surface area contributed by atoms with Crippen molar-refractivity contribution in [1.29, 1.82) is 0 Å². The van der Waals surface area contributed by atoms with E-state index in [0.29, 0.717) is 17.4 Å². The molecule has 0 atom stereocenters. The highest BCUT2D eigenvalue weighted by Gasteiger charge is 2.35. The van der Waals surface area contributed by atoms with Gasteiger partial charge in [-0.15, -0.1) is 0 Å². The van der Waals surface area contributed by atoms with E-state index >= 15 is 0 Å². The first-order valence-electron chi connectivity index (χ1n) is 10.7. The van der Waals surface area contributed by atoms with E-state index in [1.165, 1.54) is 0 Å². The van der Waals surface area contributed by atoms with Crippen LogP contribution in [0.25, 0.3) is 16.8 Å². The monoisotopic (exact) mass is 494 g/mol. The van der Waals surface area contributed by atoms with Gasteiger partial charge in [0.2, 0.25) is 0 Å². The lowest BCUT2D eigenvalue weighted by molar-refractivity contribution is 0.340. The van der Waals surface area contributed by atoms with Crippen molar-refractivity contribution >= 4 is 41.0 Å². The van der Waals surface area contributed by atoms with Crippen LogP contribution in [-0.4, -0.2) is 10.6 Å². The zero-order valence-electron chi connectivity index (χ0n) is 18.5. The molecule has 0 aliphatic carbocycles. The van der Waals surface area contributed by atoms with Crippen LogP contribution in [-0.2, 0) is 5.54 Å². The maximum atomic E-state index is 6.41. The molecule has 3 aromatic carbocycles. The molecule has 1 aromatic heterocycles. The second-order valence-corrected chi connectivity index (χ2v) is 10.1. The number of nitrogens with zero attached hydrogens (tertiary/aromatic N) is 1. The topological polar surface area (TPSA) is 35.4 Å². The Hall–Kier alpha value is -2.80. The van der Waals surface area contributed by atoms with E-state index in [0.717, 1.165) is 43.5 Å². The van der Waals surface area contributed by atoms with Crippen LogP contribution >= 0.6 is 35.4 Å². The van der Waals surface area contributed by atoms with Crippen molar-refractivity contribution < 1.29 is 9.47 Å². The van der Waals surface area contributed by atoms with Gasteiger partial charge in [-0.2, -0.15) is 0 Å². The molecule has 0 unspecified atom stereocenters. The molecule has 0 saturated heterocycles. The highest BCUT2D eigenvalue weighted by atomic mass is 35.5. The van der Waals surface area contributed by atoms with Crippen LogP contribution in [0.15, 0.2) is 66.7 Å². The van der Waals surface area contributed by atoms with Crippen molar-refractivity contribution in [3.05, 3.63) is 81.3 Å². The number of nitrogens with one attached hydrogen (secondary N) is 1. The molecule has 2 heterocycles. The van der Waals surface area contributed by atoms with Gasteiger partial charge >= 0.3 is 0 Å². The lowest BCUT2D eigenvalue weighted by atomic mass is 9.90. The lowest BCUT2D eigenvalue weighted by Crippen LogP contribution is -2.30. The van der Waals surface area contributed by atoms with Gasteiger partial charge in [0.1, 0.15) is 21.8 Å². The molecular weight excluding hydrogens is 472 g/mol. The van der Waals surface area contributed by atoms with Crippen LogP contribution in [0.2, 0.25) is 5.02 Å². The molecule has 0 saturated carbocycles. The van der Waals surface area contributed by atoms with Gasteiger partial charge in [-0.05, 0) is 69.3 Å². The number of halogens is 1. The van der Waals surface area contributed by atoms with Gasteiger partial charge in [0, 0.05) is 21.8 Å². The number of fused-ring (bicyclic) bond motifs is 3. The Labute approximate surface area is 207 Å². The molecule has 0 fully saturated rings. The average Bonchev–Trinajstić information content (AvgIpc) is 3.15. The number of anilines is 1. The molecule has 1 aliphatic heterocycles. The number of hydrogen-bond donors (Lipinski definition) is 1. The fourth-order valence-electron chi connectivity index (χ4n) is 4.04.